The summed E-state index contributed by atoms with van der Waals surface area (Å²) in [5.74, 6) is 2.10. The van der Waals surface area contributed by atoms with Crippen molar-refractivity contribution in [2.45, 2.75) is 6.54 Å². The van der Waals surface area contributed by atoms with Crippen LogP contribution in [0.25, 0.3) is 0 Å². The predicted molar refractivity (Wildman–Crippen MR) is 96.0 cm³/mol. The molecule has 7 nitrogen and oxygen atoms in total. The highest BCUT2D eigenvalue weighted by Crippen LogP contribution is 2.33. The van der Waals surface area contributed by atoms with E-state index in [1.807, 2.05) is 18.2 Å². The zero-order chi connectivity index (χ0) is 17.9. The lowest BCUT2D eigenvalue weighted by Crippen LogP contribution is -2.08. The largest absolute Gasteiger partial charge is 0.454 e. The van der Waals surface area contributed by atoms with E-state index in [-0.39, 0.29) is 12.6 Å². The van der Waals surface area contributed by atoms with Crippen LogP contribution in [0.15, 0.2) is 48.8 Å². The van der Waals surface area contributed by atoms with E-state index in [1.165, 1.54) is 18.5 Å². The SMILES string of the molecule is Nc1c(NCc2ccc3c(c2)OCO3)ncnc1Nc1ccc(F)cc1. The molecule has 0 saturated heterocycles. The molecule has 0 saturated carbocycles. The van der Waals surface area contributed by atoms with Crippen LogP contribution in [0.2, 0.25) is 0 Å². The first-order valence-electron chi connectivity index (χ1n) is 7.94. The van der Waals surface area contributed by atoms with Crippen molar-refractivity contribution in [3.8, 4) is 11.5 Å². The van der Waals surface area contributed by atoms with E-state index in [9.17, 15) is 4.39 Å². The summed E-state index contributed by atoms with van der Waals surface area (Å²) in [6.45, 7) is 0.747. The highest BCUT2D eigenvalue weighted by atomic mass is 19.1. The number of nitrogens with zero attached hydrogens (tertiary/aromatic N) is 2. The first-order chi connectivity index (χ1) is 12.7. The second kappa shape index (κ2) is 6.75. The molecule has 2 heterocycles. The van der Waals surface area contributed by atoms with Gasteiger partial charge in [-0.25, -0.2) is 14.4 Å². The van der Waals surface area contributed by atoms with Crippen LogP contribution in [0, 0.1) is 5.82 Å². The van der Waals surface area contributed by atoms with Gasteiger partial charge < -0.3 is 25.8 Å². The second-order valence-corrected chi connectivity index (χ2v) is 5.66. The first kappa shape index (κ1) is 15.9. The summed E-state index contributed by atoms with van der Waals surface area (Å²) in [6.07, 6.45) is 1.41. The number of ether oxygens (including phenoxy) is 2. The fraction of sp³-hybridized carbons (Fsp3) is 0.111. The van der Waals surface area contributed by atoms with Crippen LogP contribution in [-0.2, 0) is 6.54 Å². The van der Waals surface area contributed by atoms with Crippen LogP contribution in [0.5, 0.6) is 11.5 Å². The Morgan fingerprint density at radius 3 is 2.62 bits per heavy atom. The van der Waals surface area contributed by atoms with Gasteiger partial charge in [0.25, 0.3) is 0 Å². The van der Waals surface area contributed by atoms with Crippen molar-refractivity contribution in [1.29, 1.82) is 0 Å². The Morgan fingerprint density at radius 1 is 1.00 bits per heavy atom. The zero-order valence-electron chi connectivity index (χ0n) is 13.7. The molecule has 8 heteroatoms. The molecule has 26 heavy (non-hydrogen) atoms. The maximum atomic E-state index is 13.0. The van der Waals surface area contributed by atoms with Crippen LogP contribution < -0.4 is 25.8 Å². The number of hydrogen-bond acceptors (Lipinski definition) is 7. The third-order valence-corrected chi connectivity index (χ3v) is 3.89. The van der Waals surface area contributed by atoms with E-state index in [2.05, 4.69) is 20.6 Å². The fourth-order valence-corrected chi connectivity index (χ4v) is 2.54. The minimum Gasteiger partial charge on any atom is -0.454 e. The van der Waals surface area contributed by atoms with Gasteiger partial charge in [0.15, 0.2) is 23.1 Å². The van der Waals surface area contributed by atoms with Crippen molar-refractivity contribution in [2.75, 3.05) is 23.2 Å². The molecule has 0 radical (unpaired) electrons. The molecule has 0 spiro atoms. The maximum absolute atomic E-state index is 13.0. The van der Waals surface area contributed by atoms with Crippen molar-refractivity contribution in [3.05, 3.63) is 60.2 Å². The predicted octanol–water partition coefficient (Wildman–Crippen LogP) is 3.28. The Hall–Kier alpha value is -3.55. The third kappa shape index (κ3) is 3.30. The van der Waals surface area contributed by atoms with E-state index >= 15 is 0 Å². The van der Waals surface area contributed by atoms with E-state index in [0.29, 0.717) is 29.6 Å². The number of nitrogen functional groups attached to an aromatic ring is 1. The average Bonchev–Trinajstić information content (AvgIpc) is 3.12. The molecule has 0 amide bonds. The molecule has 1 aliphatic rings. The van der Waals surface area contributed by atoms with Gasteiger partial charge in [0.1, 0.15) is 17.8 Å². The van der Waals surface area contributed by atoms with Gasteiger partial charge in [-0.1, -0.05) is 6.07 Å². The monoisotopic (exact) mass is 353 g/mol. The Bertz CT molecular complexity index is 933. The van der Waals surface area contributed by atoms with Gasteiger partial charge >= 0.3 is 0 Å². The second-order valence-electron chi connectivity index (χ2n) is 5.66. The molecule has 1 aliphatic heterocycles. The topological polar surface area (TPSA) is 94.3 Å². The van der Waals surface area contributed by atoms with Gasteiger partial charge in [-0.05, 0) is 42.0 Å². The zero-order valence-corrected chi connectivity index (χ0v) is 13.7. The van der Waals surface area contributed by atoms with Crippen LogP contribution in [0.4, 0.5) is 27.4 Å². The summed E-state index contributed by atoms with van der Waals surface area (Å²) in [5, 5.41) is 6.24. The Morgan fingerprint density at radius 2 is 1.77 bits per heavy atom. The van der Waals surface area contributed by atoms with Crippen LogP contribution in [-0.4, -0.2) is 16.8 Å². The molecule has 4 rings (SSSR count). The van der Waals surface area contributed by atoms with Crippen LogP contribution in [0.3, 0.4) is 0 Å². The molecule has 4 N–H and O–H groups in total. The van der Waals surface area contributed by atoms with Gasteiger partial charge in [-0.3, -0.25) is 0 Å². The molecule has 132 valence electrons. The van der Waals surface area contributed by atoms with Gasteiger partial charge in [0.2, 0.25) is 6.79 Å². The fourth-order valence-electron chi connectivity index (χ4n) is 2.54. The lowest BCUT2D eigenvalue weighted by atomic mass is 10.2. The minimum atomic E-state index is -0.308. The number of nitrogens with two attached hydrogens (primary N) is 1. The standard InChI is InChI=1S/C18H16FN5O2/c19-12-2-4-13(5-3-12)24-18-16(20)17(22-9-23-18)21-8-11-1-6-14-15(7-11)26-10-25-14/h1-7,9H,8,10,20H2,(H2,21,22,23,24). The summed E-state index contributed by atoms with van der Waals surface area (Å²) in [7, 11) is 0. The highest BCUT2D eigenvalue weighted by Gasteiger charge is 2.14. The quantitative estimate of drug-likeness (QED) is 0.648. The summed E-state index contributed by atoms with van der Waals surface area (Å²) >= 11 is 0. The van der Waals surface area contributed by atoms with Crippen LogP contribution >= 0.6 is 0 Å². The molecule has 2 aromatic carbocycles. The molecule has 0 unspecified atom stereocenters. The lowest BCUT2D eigenvalue weighted by Gasteiger charge is -2.13. The summed E-state index contributed by atoms with van der Waals surface area (Å²) in [6, 6.07) is 11.6. The number of benzene rings is 2. The van der Waals surface area contributed by atoms with Crippen molar-refractivity contribution >= 4 is 23.0 Å². The third-order valence-electron chi connectivity index (χ3n) is 3.89. The van der Waals surface area contributed by atoms with Gasteiger partial charge in [-0.2, -0.15) is 0 Å². The molecule has 0 atom stereocenters. The van der Waals surface area contributed by atoms with E-state index < -0.39 is 0 Å². The Balaban J connectivity index is 1.47. The molecule has 3 aromatic rings. The Kier molecular flexibility index (Phi) is 4.14. The maximum Gasteiger partial charge on any atom is 0.231 e. The number of hydrogen-bond donors (Lipinski definition) is 3. The number of fused-ring (bicyclic) bond motifs is 1. The molecule has 0 fully saturated rings. The molecule has 0 aliphatic carbocycles. The first-order valence-corrected chi connectivity index (χ1v) is 7.94. The Labute approximate surface area is 149 Å². The van der Waals surface area contributed by atoms with E-state index in [1.54, 1.807) is 12.1 Å². The lowest BCUT2D eigenvalue weighted by molar-refractivity contribution is 0.174. The van der Waals surface area contributed by atoms with Gasteiger partial charge in [0.05, 0.1) is 0 Å². The number of halogens is 1. The van der Waals surface area contributed by atoms with E-state index in [4.69, 9.17) is 15.2 Å². The van der Waals surface area contributed by atoms with Crippen molar-refractivity contribution in [1.82, 2.24) is 9.97 Å². The average molecular weight is 353 g/mol. The van der Waals surface area contributed by atoms with E-state index in [0.717, 1.165) is 17.1 Å². The summed E-state index contributed by atoms with van der Waals surface area (Å²) < 4.78 is 23.7. The smallest absolute Gasteiger partial charge is 0.231 e. The highest BCUT2D eigenvalue weighted by molar-refractivity contribution is 5.77. The van der Waals surface area contributed by atoms with Crippen LogP contribution in [0.1, 0.15) is 5.56 Å². The van der Waals surface area contributed by atoms with Crippen molar-refractivity contribution in [2.24, 2.45) is 0 Å². The normalized spacial score (nSPS) is 12.0. The van der Waals surface area contributed by atoms with Crippen molar-refractivity contribution < 1.29 is 13.9 Å². The molecule has 1 aromatic heterocycles. The molecule has 0 bridgehead atoms. The summed E-state index contributed by atoms with van der Waals surface area (Å²) in [5.41, 5.74) is 8.20. The summed E-state index contributed by atoms with van der Waals surface area (Å²) in [4.78, 5) is 8.32. The number of aromatic nitrogens is 2. The molecular formula is C18H16FN5O2. The van der Waals surface area contributed by atoms with Crippen molar-refractivity contribution in [3.63, 3.8) is 0 Å². The number of nitrogens with one attached hydrogen (secondary N) is 2. The van der Waals surface area contributed by atoms with Gasteiger partial charge in [0, 0.05) is 12.2 Å². The van der Waals surface area contributed by atoms with Gasteiger partial charge in [-0.15, -0.1) is 0 Å². The number of anilines is 4. The molecular weight excluding hydrogens is 337 g/mol. The minimum absolute atomic E-state index is 0.240. The number of rotatable bonds is 5.